The van der Waals surface area contributed by atoms with E-state index in [0.29, 0.717) is 43.9 Å². The molecule has 1 amide bonds. The average molecular weight is 390 g/mol. The predicted octanol–water partition coefficient (Wildman–Crippen LogP) is 2.42. The van der Waals surface area contributed by atoms with E-state index in [-0.39, 0.29) is 6.04 Å². The first-order chi connectivity index (χ1) is 12.9. The van der Waals surface area contributed by atoms with Gasteiger partial charge in [0.15, 0.2) is 0 Å². The van der Waals surface area contributed by atoms with Crippen molar-refractivity contribution in [3.05, 3.63) is 42.5 Å². The Labute approximate surface area is 158 Å². The Hall–Kier alpha value is -2.16. The number of rotatable bonds is 3. The molecule has 1 unspecified atom stereocenters. The van der Waals surface area contributed by atoms with Gasteiger partial charge in [0, 0.05) is 13.1 Å². The molecular weight excluding hydrogens is 368 g/mol. The maximum Gasteiger partial charge on any atom is 0.404 e. The predicted molar refractivity (Wildman–Crippen MR) is 100 cm³/mol. The van der Waals surface area contributed by atoms with Crippen LogP contribution in [0.2, 0.25) is 0 Å². The highest BCUT2D eigenvalue weighted by atomic mass is 32.2. The van der Waals surface area contributed by atoms with Crippen LogP contribution in [0.25, 0.3) is 10.8 Å². The Morgan fingerprint density at radius 2 is 1.85 bits per heavy atom. The molecule has 2 saturated heterocycles. The molecule has 2 fully saturated rings. The largest absolute Gasteiger partial charge is 0.465 e. The van der Waals surface area contributed by atoms with Gasteiger partial charge >= 0.3 is 6.09 Å². The van der Waals surface area contributed by atoms with Crippen LogP contribution in [-0.2, 0) is 14.8 Å². The number of sulfonamides is 1. The van der Waals surface area contributed by atoms with Gasteiger partial charge in [-0.15, -0.1) is 0 Å². The van der Waals surface area contributed by atoms with E-state index in [9.17, 15) is 13.2 Å². The van der Waals surface area contributed by atoms with Crippen LogP contribution in [0.15, 0.2) is 47.4 Å². The molecule has 2 aliphatic rings. The zero-order chi connectivity index (χ0) is 19.1. The van der Waals surface area contributed by atoms with Crippen LogP contribution in [0.1, 0.15) is 19.3 Å². The van der Waals surface area contributed by atoms with Gasteiger partial charge in [-0.05, 0) is 42.2 Å². The number of amides is 1. The third kappa shape index (κ3) is 3.52. The lowest BCUT2D eigenvalue weighted by Gasteiger charge is -2.38. The van der Waals surface area contributed by atoms with Gasteiger partial charge in [0.25, 0.3) is 0 Å². The Morgan fingerprint density at radius 1 is 1.15 bits per heavy atom. The van der Waals surface area contributed by atoms with E-state index in [1.165, 1.54) is 4.31 Å². The number of hydrogen-bond donors (Lipinski definition) is 2. The van der Waals surface area contributed by atoms with Crippen molar-refractivity contribution in [2.24, 2.45) is 0 Å². The second kappa shape index (κ2) is 6.78. The van der Waals surface area contributed by atoms with Crippen molar-refractivity contribution in [1.29, 1.82) is 0 Å². The molecule has 0 aromatic heterocycles. The summed E-state index contributed by atoms with van der Waals surface area (Å²) in [5.41, 5.74) is -0.428. The minimum absolute atomic E-state index is 0.230. The Bertz CT molecular complexity index is 967. The second-order valence-electron chi connectivity index (χ2n) is 7.26. The van der Waals surface area contributed by atoms with Gasteiger partial charge in [0.1, 0.15) is 0 Å². The number of hydrogen-bond acceptors (Lipinski definition) is 4. The molecule has 144 valence electrons. The van der Waals surface area contributed by atoms with Crippen molar-refractivity contribution in [2.75, 3.05) is 19.7 Å². The van der Waals surface area contributed by atoms with E-state index in [4.69, 9.17) is 9.84 Å². The summed E-state index contributed by atoms with van der Waals surface area (Å²) in [6.07, 6.45) is 0.662. The number of ether oxygens (including phenoxy) is 1. The summed E-state index contributed by atoms with van der Waals surface area (Å²) in [5, 5.41) is 13.2. The van der Waals surface area contributed by atoms with Gasteiger partial charge in [-0.1, -0.05) is 30.3 Å². The molecule has 2 N–H and O–H groups in total. The first kappa shape index (κ1) is 18.2. The molecule has 2 aliphatic heterocycles. The highest BCUT2D eigenvalue weighted by Crippen LogP contribution is 2.37. The lowest BCUT2D eigenvalue weighted by atomic mass is 9.88. The summed E-state index contributed by atoms with van der Waals surface area (Å²) in [6, 6.07) is 12.6. The van der Waals surface area contributed by atoms with Crippen molar-refractivity contribution in [3.8, 4) is 0 Å². The minimum Gasteiger partial charge on any atom is -0.465 e. The van der Waals surface area contributed by atoms with Gasteiger partial charge in [0.05, 0.1) is 23.1 Å². The van der Waals surface area contributed by atoms with Gasteiger partial charge in [-0.3, -0.25) is 0 Å². The fraction of sp³-hybridized carbons (Fsp3) is 0.421. The molecule has 0 saturated carbocycles. The molecular formula is C19H22N2O5S. The third-order valence-corrected chi connectivity index (χ3v) is 7.42. The lowest BCUT2D eigenvalue weighted by molar-refractivity contribution is -0.0311. The number of nitrogens with one attached hydrogen (secondary N) is 1. The Kier molecular flexibility index (Phi) is 4.57. The Balaban J connectivity index is 1.47. The maximum absolute atomic E-state index is 13.0. The van der Waals surface area contributed by atoms with Crippen LogP contribution in [0, 0.1) is 0 Å². The summed E-state index contributed by atoms with van der Waals surface area (Å²) in [4.78, 5) is 11.1. The zero-order valence-corrected chi connectivity index (χ0v) is 15.6. The normalized spacial score (nSPS) is 22.9. The molecule has 1 spiro atoms. The fourth-order valence-corrected chi connectivity index (χ4v) is 5.55. The number of piperidine rings is 1. The molecule has 0 radical (unpaired) electrons. The highest BCUT2D eigenvalue weighted by molar-refractivity contribution is 7.89. The molecule has 0 bridgehead atoms. The third-order valence-electron chi connectivity index (χ3n) is 5.53. The van der Waals surface area contributed by atoms with E-state index < -0.39 is 21.7 Å². The van der Waals surface area contributed by atoms with E-state index >= 15 is 0 Å². The van der Waals surface area contributed by atoms with Crippen molar-refractivity contribution in [1.82, 2.24) is 9.62 Å². The number of fused-ring (bicyclic) bond motifs is 1. The smallest absolute Gasteiger partial charge is 0.404 e. The van der Waals surface area contributed by atoms with Crippen molar-refractivity contribution in [2.45, 2.75) is 35.8 Å². The van der Waals surface area contributed by atoms with Gasteiger partial charge in [-0.25, -0.2) is 13.2 Å². The minimum atomic E-state index is -3.56. The fourth-order valence-electron chi connectivity index (χ4n) is 4.07. The molecule has 2 heterocycles. The zero-order valence-electron chi connectivity index (χ0n) is 14.8. The SMILES string of the molecule is O=C(O)NC1COC2(CCN(S(=O)(=O)c3ccc4ccccc4c3)CC2)C1. The second-order valence-corrected chi connectivity index (χ2v) is 9.20. The number of benzene rings is 2. The maximum atomic E-state index is 13.0. The van der Waals surface area contributed by atoms with Gasteiger partial charge < -0.3 is 15.2 Å². The Morgan fingerprint density at radius 3 is 2.56 bits per heavy atom. The van der Waals surface area contributed by atoms with Crippen LogP contribution in [-0.4, -0.2) is 55.3 Å². The van der Waals surface area contributed by atoms with Crippen LogP contribution < -0.4 is 5.32 Å². The summed E-state index contributed by atoms with van der Waals surface area (Å²) >= 11 is 0. The standard InChI is InChI=1S/C19H22N2O5S/c22-18(23)20-16-12-19(26-13-16)7-9-21(10-8-19)27(24,25)17-6-5-14-3-1-2-4-15(14)11-17/h1-6,11,16,20H,7-10,12-13H2,(H,22,23). The molecule has 7 nitrogen and oxygen atoms in total. The summed E-state index contributed by atoms with van der Waals surface area (Å²) in [6.45, 7) is 1.08. The number of carboxylic acid groups (broad SMARTS) is 1. The van der Waals surface area contributed by atoms with Crippen LogP contribution >= 0.6 is 0 Å². The summed E-state index contributed by atoms with van der Waals surface area (Å²) < 4.78 is 33.5. The summed E-state index contributed by atoms with van der Waals surface area (Å²) in [5.74, 6) is 0. The number of carbonyl (C=O) groups is 1. The highest BCUT2D eigenvalue weighted by Gasteiger charge is 2.45. The summed E-state index contributed by atoms with van der Waals surface area (Å²) in [7, 11) is -3.56. The van der Waals surface area contributed by atoms with Crippen molar-refractivity contribution in [3.63, 3.8) is 0 Å². The van der Waals surface area contributed by atoms with E-state index in [0.717, 1.165) is 10.8 Å². The molecule has 4 rings (SSSR count). The van der Waals surface area contributed by atoms with Gasteiger partial charge in [-0.2, -0.15) is 4.31 Å². The monoisotopic (exact) mass is 390 g/mol. The lowest BCUT2D eigenvalue weighted by Crippen LogP contribution is -2.47. The average Bonchev–Trinajstić information content (AvgIpc) is 3.03. The molecule has 1 atom stereocenters. The van der Waals surface area contributed by atoms with E-state index in [2.05, 4.69) is 5.32 Å². The van der Waals surface area contributed by atoms with Gasteiger partial charge in [0.2, 0.25) is 10.0 Å². The van der Waals surface area contributed by atoms with Crippen molar-refractivity contribution < 1.29 is 23.1 Å². The first-order valence-corrected chi connectivity index (χ1v) is 10.4. The van der Waals surface area contributed by atoms with Crippen LogP contribution in [0.3, 0.4) is 0 Å². The molecule has 8 heteroatoms. The molecule has 2 aromatic rings. The topological polar surface area (TPSA) is 95.9 Å². The van der Waals surface area contributed by atoms with E-state index in [1.807, 2.05) is 30.3 Å². The van der Waals surface area contributed by atoms with Crippen LogP contribution in [0.4, 0.5) is 4.79 Å². The van der Waals surface area contributed by atoms with Crippen LogP contribution in [0.5, 0.6) is 0 Å². The molecule has 2 aromatic carbocycles. The molecule has 0 aliphatic carbocycles. The van der Waals surface area contributed by atoms with E-state index in [1.54, 1.807) is 12.1 Å². The molecule has 27 heavy (non-hydrogen) atoms. The first-order valence-electron chi connectivity index (χ1n) is 9.00. The number of nitrogens with zero attached hydrogens (tertiary/aromatic N) is 1. The quantitative estimate of drug-likeness (QED) is 0.839. The van der Waals surface area contributed by atoms with Crippen molar-refractivity contribution >= 4 is 26.9 Å².